The van der Waals surface area contributed by atoms with E-state index in [0.717, 1.165) is 11.1 Å². The summed E-state index contributed by atoms with van der Waals surface area (Å²) in [6.45, 7) is 0.635. The molecule has 0 aliphatic carbocycles. The topological polar surface area (TPSA) is 68.4 Å². The third kappa shape index (κ3) is 3.65. The van der Waals surface area contributed by atoms with Crippen molar-refractivity contribution in [2.45, 2.75) is 13.1 Å². The number of carbonyl (C=O) groups excluding carboxylic acids is 1. The van der Waals surface area contributed by atoms with Crippen molar-refractivity contribution in [1.82, 2.24) is 19.3 Å². The number of para-hydroxylation sites is 1. The van der Waals surface area contributed by atoms with Crippen molar-refractivity contribution >= 4 is 34.2 Å². The van der Waals surface area contributed by atoms with Gasteiger partial charge >= 0.3 is 0 Å². The average molecular weight is 443 g/mol. The van der Waals surface area contributed by atoms with Gasteiger partial charge < -0.3 is 5.32 Å². The van der Waals surface area contributed by atoms with Crippen molar-refractivity contribution in [2.75, 3.05) is 0 Å². The van der Waals surface area contributed by atoms with Gasteiger partial charge in [-0.05, 0) is 29.3 Å². The van der Waals surface area contributed by atoms with Crippen molar-refractivity contribution in [3.63, 3.8) is 0 Å². The lowest BCUT2D eigenvalue weighted by molar-refractivity contribution is 0.0946. The highest BCUT2D eigenvalue weighted by Gasteiger charge is 2.18. The van der Waals surface area contributed by atoms with Gasteiger partial charge in [0, 0.05) is 17.8 Å². The second-order valence-corrected chi connectivity index (χ2v) is 7.87. The molecule has 2 aromatic heterocycles. The molecule has 0 saturated carbocycles. The number of benzene rings is 3. The number of fused-ring (bicyclic) bond motifs is 3. The van der Waals surface area contributed by atoms with E-state index in [1.807, 2.05) is 66.7 Å². The maximum atomic E-state index is 13.3. The van der Waals surface area contributed by atoms with Crippen LogP contribution in [0.1, 0.15) is 21.6 Å². The zero-order valence-corrected chi connectivity index (χ0v) is 17.8. The Balaban J connectivity index is 1.60. The Morgan fingerprint density at radius 2 is 1.66 bits per heavy atom. The van der Waals surface area contributed by atoms with Crippen molar-refractivity contribution < 1.29 is 4.79 Å². The summed E-state index contributed by atoms with van der Waals surface area (Å²) in [5.74, 6) is 0.0804. The minimum absolute atomic E-state index is 0.185. The molecule has 5 rings (SSSR count). The van der Waals surface area contributed by atoms with Gasteiger partial charge in [-0.2, -0.15) is 0 Å². The SMILES string of the molecule is O=C(NCc1ccccc1)c1cn2c3ccccc3c(=O)n(Cc3ccccc3Cl)c2n1. The smallest absolute Gasteiger partial charge is 0.271 e. The highest BCUT2D eigenvalue weighted by atomic mass is 35.5. The predicted molar refractivity (Wildman–Crippen MR) is 125 cm³/mol. The van der Waals surface area contributed by atoms with Gasteiger partial charge in [0.15, 0.2) is 0 Å². The summed E-state index contributed by atoms with van der Waals surface area (Å²) < 4.78 is 3.34. The molecule has 0 fully saturated rings. The lowest BCUT2D eigenvalue weighted by atomic mass is 10.2. The van der Waals surface area contributed by atoms with E-state index in [1.165, 1.54) is 0 Å². The Hall–Kier alpha value is -3.90. The molecule has 7 heteroatoms. The molecule has 0 unspecified atom stereocenters. The Labute approximate surface area is 188 Å². The molecule has 0 atom stereocenters. The Morgan fingerprint density at radius 1 is 0.938 bits per heavy atom. The molecule has 3 aromatic carbocycles. The first-order chi connectivity index (χ1) is 15.6. The molecule has 0 bridgehead atoms. The fourth-order valence-electron chi connectivity index (χ4n) is 3.76. The standard InChI is InChI=1S/C25H19ClN4O2/c26-20-12-6-4-10-18(20)15-30-24(32)19-11-5-7-13-22(19)29-16-21(28-25(29)30)23(31)27-14-17-8-2-1-3-9-17/h1-13,16H,14-15H2,(H,27,31). The summed E-state index contributed by atoms with van der Waals surface area (Å²) in [5.41, 5.74) is 2.54. The van der Waals surface area contributed by atoms with Crippen LogP contribution < -0.4 is 10.9 Å². The molecule has 0 aliphatic heterocycles. The van der Waals surface area contributed by atoms with Crippen LogP contribution in [-0.4, -0.2) is 19.9 Å². The Morgan fingerprint density at radius 3 is 2.47 bits per heavy atom. The summed E-state index contributed by atoms with van der Waals surface area (Å²) in [5, 5.41) is 4.00. The first-order valence-electron chi connectivity index (χ1n) is 10.2. The van der Waals surface area contributed by atoms with E-state index in [2.05, 4.69) is 10.3 Å². The van der Waals surface area contributed by atoms with Crippen LogP contribution in [0, 0.1) is 0 Å². The molecule has 1 N–H and O–H groups in total. The molecular formula is C25H19ClN4O2. The molecule has 32 heavy (non-hydrogen) atoms. The van der Waals surface area contributed by atoms with Gasteiger partial charge in [-0.25, -0.2) is 4.98 Å². The Kier molecular flexibility index (Phi) is 5.21. The quantitative estimate of drug-likeness (QED) is 0.441. The maximum absolute atomic E-state index is 13.3. The van der Waals surface area contributed by atoms with Gasteiger partial charge in [-0.15, -0.1) is 0 Å². The molecule has 0 spiro atoms. The largest absolute Gasteiger partial charge is 0.347 e. The van der Waals surface area contributed by atoms with E-state index in [4.69, 9.17) is 11.6 Å². The minimum Gasteiger partial charge on any atom is -0.347 e. The van der Waals surface area contributed by atoms with E-state index < -0.39 is 0 Å². The summed E-state index contributed by atoms with van der Waals surface area (Å²) in [7, 11) is 0. The molecule has 2 heterocycles. The highest BCUT2D eigenvalue weighted by molar-refractivity contribution is 6.31. The summed E-state index contributed by atoms with van der Waals surface area (Å²) >= 11 is 6.34. The summed E-state index contributed by atoms with van der Waals surface area (Å²) in [4.78, 5) is 30.7. The van der Waals surface area contributed by atoms with Crippen LogP contribution in [0.2, 0.25) is 5.02 Å². The van der Waals surface area contributed by atoms with Gasteiger partial charge in [0.2, 0.25) is 5.78 Å². The number of amides is 1. The van der Waals surface area contributed by atoms with Crippen LogP contribution in [0.4, 0.5) is 0 Å². The number of rotatable bonds is 5. The number of hydrogen-bond donors (Lipinski definition) is 1. The highest BCUT2D eigenvalue weighted by Crippen LogP contribution is 2.19. The molecule has 0 aliphatic rings. The number of nitrogens with one attached hydrogen (secondary N) is 1. The zero-order chi connectivity index (χ0) is 22.1. The molecule has 0 radical (unpaired) electrons. The van der Waals surface area contributed by atoms with E-state index in [1.54, 1.807) is 27.3 Å². The fraction of sp³-hybridized carbons (Fsp3) is 0.0800. The van der Waals surface area contributed by atoms with Crippen molar-refractivity contribution in [3.8, 4) is 0 Å². The van der Waals surface area contributed by atoms with Gasteiger partial charge in [0.05, 0.1) is 17.4 Å². The van der Waals surface area contributed by atoms with Gasteiger partial charge in [0.1, 0.15) is 5.69 Å². The predicted octanol–water partition coefficient (Wildman–Crippen LogP) is 4.28. The number of aromatic nitrogens is 3. The van der Waals surface area contributed by atoms with Crippen LogP contribution in [0.25, 0.3) is 16.7 Å². The van der Waals surface area contributed by atoms with E-state index in [9.17, 15) is 9.59 Å². The van der Waals surface area contributed by atoms with Crippen molar-refractivity contribution in [3.05, 3.63) is 117 Å². The first-order valence-corrected chi connectivity index (χ1v) is 10.6. The van der Waals surface area contributed by atoms with E-state index in [-0.39, 0.29) is 23.7 Å². The van der Waals surface area contributed by atoms with Crippen LogP contribution in [0.3, 0.4) is 0 Å². The number of carbonyl (C=O) groups is 1. The number of halogens is 1. The zero-order valence-electron chi connectivity index (χ0n) is 17.0. The monoisotopic (exact) mass is 442 g/mol. The lowest BCUT2D eigenvalue weighted by Gasteiger charge is -2.11. The van der Waals surface area contributed by atoms with Gasteiger partial charge in [-0.3, -0.25) is 18.6 Å². The molecule has 1 amide bonds. The number of hydrogen-bond acceptors (Lipinski definition) is 3. The molecule has 5 aromatic rings. The summed E-state index contributed by atoms with van der Waals surface area (Å²) in [6, 6.07) is 24.3. The van der Waals surface area contributed by atoms with Crippen LogP contribution in [-0.2, 0) is 13.1 Å². The van der Waals surface area contributed by atoms with Gasteiger partial charge in [0.25, 0.3) is 11.5 Å². The second-order valence-electron chi connectivity index (χ2n) is 7.46. The molecule has 158 valence electrons. The normalized spacial score (nSPS) is 11.2. The third-order valence-electron chi connectivity index (χ3n) is 5.38. The second kappa shape index (κ2) is 8.32. The average Bonchev–Trinajstić information content (AvgIpc) is 3.28. The van der Waals surface area contributed by atoms with Crippen molar-refractivity contribution in [2.24, 2.45) is 0 Å². The molecule has 6 nitrogen and oxygen atoms in total. The summed E-state index contributed by atoms with van der Waals surface area (Å²) in [6.07, 6.45) is 1.67. The lowest BCUT2D eigenvalue weighted by Crippen LogP contribution is -2.24. The molecular weight excluding hydrogens is 424 g/mol. The van der Waals surface area contributed by atoms with Crippen molar-refractivity contribution in [1.29, 1.82) is 0 Å². The van der Waals surface area contributed by atoms with Crippen LogP contribution in [0.15, 0.2) is 89.9 Å². The van der Waals surface area contributed by atoms with E-state index in [0.29, 0.717) is 28.2 Å². The maximum Gasteiger partial charge on any atom is 0.271 e. The molecule has 0 saturated heterocycles. The Bertz CT molecular complexity index is 1510. The van der Waals surface area contributed by atoms with Crippen LogP contribution in [0.5, 0.6) is 0 Å². The first kappa shape index (κ1) is 20.0. The number of imidazole rings is 1. The van der Waals surface area contributed by atoms with Crippen LogP contribution >= 0.6 is 11.6 Å². The van der Waals surface area contributed by atoms with E-state index >= 15 is 0 Å². The fourth-order valence-corrected chi connectivity index (χ4v) is 3.95. The van der Waals surface area contributed by atoms with Gasteiger partial charge in [-0.1, -0.05) is 72.3 Å². The number of nitrogens with zero attached hydrogens (tertiary/aromatic N) is 3. The minimum atomic E-state index is -0.307. The third-order valence-corrected chi connectivity index (χ3v) is 5.75.